The molecule has 0 saturated heterocycles. The summed E-state index contributed by atoms with van der Waals surface area (Å²) < 4.78 is 31.3. The number of benzene rings is 1. The van der Waals surface area contributed by atoms with Gasteiger partial charge in [0.15, 0.2) is 0 Å². The van der Waals surface area contributed by atoms with Gasteiger partial charge in [0.05, 0.1) is 12.0 Å². The van der Waals surface area contributed by atoms with Crippen LogP contribution in [-0.2, 0) is 14.9 Å². The second kappa shape index (κ2) is 5.25. The van der Waals surface area contributed by atoms with E-state index in [1.54, 1.807) is 20.8 Å². The topological polar surface area (TPSA) is 26.3 Å². The Morgan fingerprint density at radius 3 is 2.18 bits per heavy atom. The largest absolute Gasteiger partial charge is 0.465 e. The highest BCUT2D eigenvalue weighted by atomic mass is 19.1. The van der Waals surface area contributed by atoms with Gasteiger partial charge >= 0.3 is 5.97 Å². The maximum Gasteiger partial charge on any atom is 0.316 e. The molecule has 0 spiro atoms. The van der Waals surface area contributed by atoms with Gasteiger partial charge in [0, 0.05) is 6.07 Å². The van der Waals surface area contributed by atoms with Crippen molar-refractivity contribution in [3.63, 3.8) is 0 Å². The highest BCUT2D eigenvalue weighted by molar-refractivity contribution is 5.82. The molecule has 0 bridgehead atoms. The molecular formula is C13H16F2O2. The van der Waals surface area contributed by atoms with E-state index in [0.29, 0.717) is 12.0 Å². The van der Waals surface area contributed by atoms with Gasteiger partial charge in [0.25, 0.3) is 0 Å². The van der Waals surface area contributed by atoms with Crippen LogP contribution < -0.4 is 0 Å². The molecular weight excluding hydrogens is 226 g/mol. The molecule has 0 aliphatic carbocycles. The van der Waals surface area contributed by atoms with Crippen LogP contribution >= 0.6 is 0 Å². The van der Waals surface area contributed by atoms with Crippen LogP contribution in [0.1, 0.15) is 32.8 Å². The van der Waals surface area contributed by atoms with Gasteiger partial charge < -0.3 is 4.74 Å². The van der Waals surface area contributed by atoms with Crippen LogP contribution in [0.25, 0.3) is 0 Å². The predicted molar refractivity (Wildman–Crippen MR) is 60.6 cm³/mol. The molecule has 2 nitrogen and oxygen atoms in total. The van der Waals surface area contributed by atoms with E-state index in [1.807, 2.05) is 0 Å². The quantitative estimate of drug-likeness (QED) is 0.758. The standard InChI is InChI=1S/C13H16F2O2/c1-4-13(3,12(16)17-5-2)9-6-10(14)8-11(15)7-9/h6-8H,4-5H2,1-3H3. The zero-order chi connectivity index (χ0) is 13.1. The summed E-state index contributed by atoms with van der Waals surface area (Å²) in [5, 5.41) is 0. The number of ether oxygens (including phenoxy) is 1. The van der Waals surface area contributed by atoms with E-state index in [0.717, 1.165) is 6.07 Å². The van der Waals surface area contributed by atoms with Gasteiger partial charge in [-0.2, -0.15) is 0 Å². The van der Waals surface area contributed by atoms with Crippen LogP contribution in [0.15, 0.2) is 18.2 Å². The summed E-state index contributed by atoms with van der Waals surface area (Å²) in [6.07, 6.45) is 0.411. The zero-order valence-electron chi connectivity index (χ0n) is 10.2. The van der Waals surface area contributed by atoms with Gasteiger partial charge in [-0.1, -0.05) is 6.92 Å². The van der Waals surface area contributed by atoms with Gasteiger partial charge in [-0.25, -0.2) is 8.78 Å². The summed E-state index contributed by atoms with van der Waals surface area (Å²) in [4.78, 5) is 11.9. The van der Waals surface area contributed by atoms with Crippen molar-refractivity contribution in [2.24, 2.45) is 0 Å². The van der Waals surface area contributed by atoms with Crippen LogP contribution in [0.4, 0.5) is 8.78 Å². The third kappa shape index (κ3) is 2.81. The molecule has 94 valence electrons. The van der Waals surface area contributed by atoms with E-state index in [2.05, 4.69) is 0 Å². The van der Waals surface area contributed by atoms with E-state index < -0.39 is 23.0 Å². The highest BCUT2D eigenvalue weighted by Crippen LogP contribution is 2.30. The minimum atomic E-state index is -1.01. The van der Waals surface area contributed by atoms with Crippen LogP contribution in [0.2, 0.25) is 0 Å². The first-order valence-electron chi connectivity index (χ1n) is 5.57. The van der Waals surface area contributed by atoms with E-state index >= 15 is 0 Å². The summed E-state index contributed by atoms with van der Waals surface area (Å²) >= 11 is 0. The van der Waals surface area contributed by atoms with Crippen LogP contribution in [0.5, 0.6) is 0 Å². The lowest BCUT2D eigenvalue weighted by atomic mass is 9.80. The first kappa shape index (κ1) is 13.6. The maximum absolute atomic E-state index is 13.2. The molecule has 0 radical (unpaired) electrons. The summed E-state index contributed by atoms with van der Waals surface area (Å²) in [6.45, 7) is 5.34. The molecule has 0 fully saturated rings. The molecule has 4 heteroatoms. The van der Waals surface area contributed by atoms with Gasteiger partial charge in [-0.3, -0.25) is 4.79 Å². The molecule has 1 unspecified atom stereocenters. The van der Waals surface area contributed by atoms with E-state index in [4.69, 9.17) is 4.74 Å². The normalized spacial score (nSPS) is 14.2. The Bertz CT molecular complexity index is 398. The van der Waals surface area contributed by atoms with E-state index in [-0.39, 0.29) is 6.61 Å². The number of halogens is 2. The fraction of sp³-hybridized carbons (Fsp3) is 0.462. The van der Waals surface area contributed by atoms with Crippen molar-refractivity contribution in [3.8, 4) is 0 Å². The molecule has 17 heavy (non-hydrogen) atoms. The van der Waals surface area contributed by atoms with Crippen LogP contribution in [0.3, 0.4) is 0 Å². The molecule has 0 amide bonds. The predicted octanol–water partition coefficient (Wildman–Crippen LogP) is 3.20. The second-order valence-electron chi connectivity index (χ2n) is 4.06. The van der Waals surface area contributed by atoms with Crippen LogP contribution in [-0.4, -0.2) is 12.6 Å². The number of carbonyl (C=O) groups is 1. The number of rotatable bonds is 4. The maximum atomic E-state index is 13.2. The van der Waals surface area contributed by atoms with Crippen molar-refractivity contribution in [3.05, 3.63) is 35.4 Å². The Kier molecular flexibility index (Phi) is 4.21. The van der Waals surface area contributed by atoms with Gasteiger partial charge in [0.2, 0.25) is 0 Å². The zero-order valence-corrected chi connectivity index (χ0v) is 10.2. The molecule has 1 rings (SSSR count). The molecule has 0 aromatic heterocycles. The smallest absolute Gasteiger partial charge is 0.316 e. The lowest BCUT2D eigenvalue weighted by molar-refractivity contribution is -0.149. The monoisotopic (exact) mass is 242 g/mol. The van der Waals surface area contributed by atoms with Crippen molar-refractivity contribution >= 4 is 5.97 Å². The minimum absolute atomic E-state index is 0.242. The van der Waals surface area contributed by atoms with Gasteiger partial charge in [-0.15, -0.1) is 0 Å². The number of hydrogen-bond acceptors (Lipinski definition) is 2. The minimum Gasteiger partial charge on any atom is -0.465 e. The number of carbonyl (C=O) groups excluding carboxylic acids is 1. The summed E-state index contributed by atoms with van der Waals surface area (Å²) in [5.74, 6) is -1.85. The Balaban J connectivity index is 3.19. The molecule has 0 heterocycles. The summed E-state index contributed by atoms with van der Waals surface area (Å²) in [7, 11) is 0. The first-order valence-corrected chi connectivity index (χ1v) is 5.57. The van der Waals surface area contributed by atoms with Crippen molar-refractivity contribution in [1.82, 2.24) is 0 Å². The Morgan fingerprint density at radius 1 is 1.24 bits per heavy atom. The van der Waals surface area contributed by atoms with Crippen molar-refractivity contribution in [2.75, 3.05) is 6.61 Å². The van der Waals surface area contributed by atoms with Crippen molar-refractivity contribution in [2.45, 2.75) is 32.6 Å². The Hall–Kier alpha value is -1.45. The lowest BCUT2D eigenvalue weighted by Gasteiger charge is -2.26. The van der Waals surface area contributed by atoms with Gasteiger partial charge in [0.1, 0.15) is 11.6 Å². The molecule has 0 aliphatic heterocycles. The van der Waals surface area contributed by atoms with Crippen LogP contribution in [0, 0.1) is 11.6 Å². The molecule has 0 N–H and O–H groups in total. The molecule has 1 aromatic rings. The average Bonchev–Trinajstić information content (AvgIpc) is 2.26. The molecule has 0 saturated carbocycles. The number of hydrogen-bond donors (Lipinski definition) is 0. The Labute approximate surface area is 99.6 Å². The highest BCUT2D eigenvalue weighted by Gasteiger charge is 2.35. The first-order chi connectivity index (χ1) is 7.93. The summed E-state index contributed by atoms with van der Waals surface area (Å²) in [5.41, 5.74) is -0.713. The van der Waals surface area contributed by atoms with Crippen molar-refractivity contribution < 1.29 is 18.3 Å². The second-order valence-corrected chi connectivity index (χ2v) is 4.06. The van der Waals surface area contributed by atoms with Gasteiger partial charge in [-0.05, 0) is 38.0 Å². The SMILES string of the molecule is CCOC(=O)C(C)(CC)c1cc(F)cc(F)c1. The Morgan fingerprint density at radius 2 is 1.76 bits per heavy atom. The number of esters is 1. The third-order valence-electron chi connectivity index (χ3n) is 2.93. The molecule has 1 aromatic carbocycles. The van der Waals surface area contributed by atoms with E-state index in [1.165, 1.54) is 12.1 Å². The summed E-state index contributed by atoms with van der Waals surface area (Å²) in [6, 6.07) is 3.12. The molecule has 1 atom stereocenters. The third-order valence-corrected chi connectivity index (χ3v) is 2.93. The average molecular weight is 242 g/mol. The lowest BCUT2D eigenvalue weighted by Crippen LogP contribution is -2.34. The van der Waals surface area contributed by atoms with E-state index in [9.17, 15) is 13.6 Å². The van der Waals surface area contributed by atoms with Crippen molar-refractivity contribution in [1.29, 1.82) is 0 Å². The fourth-order valence-electron chi connectivity index (χ4n) is 1.63. The fourth-order valence-corrected chi connectivity index (χ4v) is 1.63. The molecule has 0 aliphatic rings.